The number of hydrogen-bond acceptors (Lipinski definition) is 5. The normalized spacial score (nSPS) is 14.8. The van der Waals surface area contributed by atoms with Gasteiger partial charge in [-0.05, 0) is 43.7 Å². The van der Waals surface area contributed by atoms with E-state index in [4.69, 9.17) is 0 Å². The SMILES string of the molecule is Cc1ccccc1NC(=O)C[C@@H](C)S(=O)(=O)c1ccc2c(c1)NC(=O)CS2. The van der Waals surface area contributed by atoms with E-state index in [0.29, 0.717) is 17.1 Å². The Balaban J connectivity index is 1.74. The third-order valence-corrected chi connectivity index (χ3v) is 7.54. The summed E-state index contributed by atoms with van der Waals surface area (Å²) in [5.74, 6) is -0.205. The molecular weight excluding hydrogens is 384 g/mol. The van der Waals surface area contributed by atoms with E-state index in [1.807, 2.05) is 25.1 Å². The van der Waals surface area contributed by atoms with E-state index in [9.17, 15) is 18.0 Å². The highest BCUT2D eigenvalue weighted by Gasteiger charge is 2.27. The van der Waals surface area contributed by atoms with Crippen molar-refractivity contribution in [1.29, 1.82) is 0 Å². The van der Waals surface area contributed by atoms with Crippen LogP contribution in [0.2, 0.25) is 0 Å². The van der Waals surface area contributed by atoms with Gasteiger partial charge in [0.15, 0.2) is 9.84 Å². The zero-order chi connectivity index (χ0) is 19.6. The second-order valence-corrected chi connectivity index (χ2v) is 9.80. The lowest BCUT2D eigenvalue weighted by Crippen LogP contribution is -2.25. The summed E-state index contributed by atoms with van der Waals surface area (Å²) in [5.41, 5.74) is 2.07. The molecule has 3 rings (SSSR count). The standard InChI is InChI=1S/C19H20N2O4S2/c1-12-5-3-4-6-15(12)20-18(22)9-13(2)27(24,25)14-7-8-17-16(10-14)21-19(23)11-26-17/h3-8,10,13H,9,11H2,1-2H3,(H,20,22)(H,21,23)/t13-/m1/s1. The number of carbonyl (C=O) groups excluding carboxylic acids is 2. The number of sulfone groups is 1. The largest absolute Gasteiger partial charge is 0.326 e. The Hall–Kier alpha value is -2.32. The van der Waals surface area contributed by atoms with Gasteiger partial charge in [-0.1, -0.05) is 18.2 Å². The molecule has 0 spiro atoms. The van der Waals surface area contributed by atoms with Crippen molar-refractivity contribution in [2.24, 2.45) is 0 Å². The van der Waals surface area contributed by atoms with Crippen molar-refractivity contribution in [2.45, 2.75) is 35.3 Å². The van der Waals surface area contributed by atoms with Crippen molar-refractivity contribution in [3.05, 3.63) is 48.0 Å². The Morgan fingerprint density at radius 2 is 2.00 bits per heavy atom. The number of benzene rings is 2. The number of hydrogen-bond donors (Lipinski definition) is 2. The molecule has 0 aliphatic carbocycles. The number of anilines is 2. The highest BCUT2D eigenvalue weighted by molar-refractivity contribution is 8.00. The van der Waals surface area contributed by atoms with Crippen LogP contribution in [0.3, 0.4) is 0 Å². The summed E-state index contributed by atoms with van der Waals surface area (Å²) in [4.78, 5) is 24.8. The van der Waals surface area contributed by atoms with Crippen LogP contribution in [0.1, 0.15) is 18.9 Å². The van der Waals surface area contributed by atoms with Crippen molar-refractivity contribution in [3.63, 3.8) is 0 Å². The van der Waals surface area contributed by atoms with Gasteiger partial charge in [0.2, 0.25) is 11.8 Å². The first-order valence-corrected chi connectivity index (χ1v) is 11.0. The van der Waals surface area contributed by atoms with Gasteiger partial charge in [0.1, 0.15) is 0 Å². The molecular formula is C19H20N2O4S2. The summed E-state index contributed by atoms with van der Waals surface area (Å²) in [6.07, 6.45) is -0.158. The average molecular weight is 405 g/mol. The fourth-order valence-electron chi connectivity index (χ4n) is 2.76. The minimum atomic E-state index is -3.71. The molecule has 0 saturated carbocycles. The monoisotopic (exact) mass is 404 g/mol. The van der Waals surface area contributed by atoms with Gasteiger partial charge < -0.3 is 10.6 Å². The van der Waals surface area contributed by atoms with Crippen molar-refractivity contribution < 1.29 is 18.0 Å². The van der Waals surface area contributed by atoms with E-state index in [1.165, 1.54) is 30.8 Å². The number of rotatable bonds is 5. The van der Waals surface area contributed by atoms with Crippen LogP contribution in [0.25, 0.3) is 0 Å². The third kappa shape index (κ3) is 4.33. The fourth-order valence-corrected chi connectivity index (χ4v) is 4.92. The summed E-state index contributed by atoms with van der Waals surface area (Å²) in [7, 11) is -3.71. The van der Waals surface area contributed by atoms with Crippen molar-refractivity contribution in [3.8, 4) is 0 Å². The van der Waals surface area contributed by atoms with Crippen LogP contribution in [0.5, 0.6) is 0 Å². The van der Waals surface area contributed by atoms with Gasteiger partial charge in [-0.3, -0.25) is 9.59 Å². The minimum absolute atomic E-state index is 0.0974. The molecule has 142 valence electrons. The maximum atomic E-state index is 12.9. The topological polar surface area (TPSA) is 92.3 Å². The zero-order valence-electron chi connectivity index (χ0n) is 15.0. The van der Waals surface area contributed by atoms with Gasteiger partial charge in [-0.2, -0.15) is 0 Å². The molecule has 1 aliphatic heterocycles. The van der Waals surface area contributed by atoms with E-state index in [-0.39, 0.29) is 23.1 Å². The van der Waals surface area contributed by atoms with Gasteiger partial charge in [-0.25, -0.2) is 8.42 Å². The van der Waals surface area contributed by atoms with Crippen molar-refractivity contribution in [2.75, 3.05) is 16.4 Å². The van der Waals surface area contributed by atoms with Gasteiger partial charge in [0, 0.05) is 17.0 Å². The Kier molecular flexibility index (Phi) is 5.57. The van der Waals surface area contributed by atoms with Crippen LogP contribution in [0.15, 0.2) is 52.3 Å². The first-order valence-electron chi connectivity index (χ1n) is 8.43. The molecule has 27 heavy (non-hydrogen) atoms. The highest BCUT2D eigenvalue weighted by atomic mass is 32.2. The third-order valence-electron chi connectivity index (χ3n) is 4.33. The second kappa shape index (κ2) is 7.74. The molecule has 1 heterocycles. The molecule has 2 aromatic rings. The number of aryl methyl sites for hydroxylation is 1. The lowest BCUT2D eigenvalue weighted by molar-refractivity contribution is -0.116. The van der Waals surface area contributed by atoms with Gasteiger partial charge in [0.05, 0.1) is 21.6 Å². The van der Waals surface area contributed by atoms with Crippen LogP contribution in [-0.4, -0.2) is 31.2 Å². The number of nitrogens with one attached hydrogen (secondary N) is 2. The maximum absolute atomic E-state index is 12.9. The van der Waals surface area contributed by atoms with Gasteiger partial charge >= 0.3 is 0 Å². The first-order chi connectivity index (χ1) is 12.8. The summed E-state index contributed by atoms with van der Waals surface area (Å²) >= 11 is 1.37. The summed E-state index contributed by atoms with van der Waals surface area (Å²) in [6, 6.07) is 12.0. The fraction of sp³-hybridized carbons (Fsp3) is 0.263. The maximum Gasteiger partial charge on any atom is 0.234 e. The van der Waals surface area contributed by atoms with E-state index < -0.39 is 15.1 Å². The Bertz CT molecular complexity index is 1000. The molecule has 0 unspecified atom stereocenters. The van der Waals surface area contributed by atoms with Crippen LogP contribution >= 0.6 is 11.8 Å². The summed E-state index contributed by atoms with van der Waals surface area (Å²) in [6.45, 7) is 3.38. The second-order valence-electron chi connectivity index (χ2n) is 6.42. The number of para-hydroxylation sites is 1. The lowest BCUT2D eigenvalue weighted by atomic mass is 10.2. The Morgan fingerprint density at radius 3 is 2.74 bits per heavy atom. The van der Waals surface area contributed by atoms with E-state index in [0.717, 1.165) is 10.5 Å². The molecule has 0 saturated heterocycles. The molecule has 8 heteroatoms. The molecule has 6 nitrogen and oxygen atoms in total. The number of fused-ring (bicyclic) bond motifs is 1. The average Bonchev–Trinajstić information content (AvgIpc) is 2.62. The van der Waals surface area contributed by atoms with Crippen LogP contribution in [0, 0.1) is 6.92 Å². The number of thioether (sulfide) groups is 1. The molecule has 1 atom stereocenters. The van der Waals surface area contributed by atoms with Crippen LogP contribution in [0.4, 0.5) is 11.4 Å². The lowest BCUT2D eigenvalue weighted by Gasteiger charge is -2.19. The zero-order valence-corrected chi connectivity index (χ0v) is 16.6. The molecule has 2 N–H and O–H groups in total. The quantitative estimate of drug-likeness (QED) is 0.798. The molecule has 2 aromatic carbocycles. The first kappa shape index (κ1) is 19.4. The predicted octanol–water partition coefficient (Wildman–Crippen LogP) is 3.23. The highest BCUT2D eigenvalue weighted by Crippen LogP contribution is 2.34. The van der Waals surface area contributed by atoms with E-state index in [1.54, 1.807) is 12.1 Å². The molecule has 2 amide bonds. The van der Waals surface area contributed by atoms with Crippen molar-refractivity contribution in [1.82, 2.24) is 0 Å². The Labute approximate surface area is 162 Å². The van der Waals surface area contributed by atoms with Crippen LogP contribution in [-0.2, 0) is 19.4 Å². The smallest absolute Gasteiger partial charge is 0.234 e. The predicted molar refractivity (Wildman–Crippen MR) is 107 cm³/mol. The Morgan fingerprint density at radius 1 is 1.26 bits per heavy atom. The van der Waals surface area contributed by atoms with E-state index >= 15 is 0 Å². The van der Waals surface area contributed by atoms with E-state index in [2.05, 4.69) is 10.6 Å². The molecule has 0 radical (unpaired) electrons. The molecule has 0 aromatic heterocycles. The van der Waals surface area contributed by atoms with Gasteiger partial charge in [-0.15, -0.1) is 11.8 Å². The van der Waals surface area contributed by atoms with Crippen molar-refractivity contribution >= 4 is 44.8 Å². The molecule has 1 aliphatic rings. The summed E-state index contributed by atoms with van der Waals surface area (Å²) in [5, 5.41) is 4.55. The minimum Gasteiger partial charge on any atom is -0.326 e. The number of carbonyl (C=O) groups is 2. The number of amides is 2. The van der Waals surface area contributed by atoms with Gasteiger partial charge in [0.25, 0.3) is 0 Å². The molecule has 0 fully saturated rings. The summed E-state index contributed by atoms with van der Waals surface area (Å²) < 4.78 is 25.7. The molecule has 0 bridgehead atoms. The van der Waals surface area contributed by atoms with Crippen LogP contribution < -0.4 is 10.6 Å².